The Morgan fingerprint density at radius 3 is 2.46 bits per heavy atom. The van der Waals surface area contributed by atoms with E-state index in [1.165, 1.54) is 4.31 Å². The summed E-state index contributed by atoms with van der Waals surface area (Å²) < 4.78 is 26.8. The molecule has 3 amide bonds. The van der Waals surface area contributed by atoms with Gasteiger partial charge in [0.25, 0.3) is 0 Å². The molecule has 2 fully saturated rings. The number of nitrogens with zero attached hydrogens (tertiary/aromatic N) is 3. The number of benzene rings is 1. The van der Waals surface area contributed by atoms with Gasteiger partial charge in [0.15, 0.2) is 0 Å². The Kier molecular flexibility index (Phi) is 8.02. The molecule has 5 atom stereocenters. The quantitative estimate of drug-likeness (QED) is 0.463. The number of likely N-dealkylation sites (tertiary alicyclic amines) is 1. The summed E-state index contributed by atoms with van der Waals surface area (Å²) in [6.45, 7) is 7.54. The number of pyridine rings is 1. The van der Waals surface area contributed by atoms with Gasteiger partial charge in [0, 0.05) is 30.7 Å². The van der Waals surface area contributed by atoms with Gasteiger partial charge < -0.3 is 20.9 Å². The van der Waals surface area contributed by atoms with E-state index in [0.29, 0.717) is 17.6 Å². The van der Waals surface area contributed by atoms with Crippen LogP contribution in [0.2, 0.25) is 0 Å². The molecule has 0 radical (unpaired) electrons. The van der Waals surface area contributed by atoms with Crippen LogP contribution in [0.3, 0.4) is 0 Å². The number of para-hydroxylation sites is 1. The van der Waals surface area contributed by atoms with Gasteiger partial charge in [-0.25, -0.2) is 8.42 Å². The van der Waals surface area contributed by atoms with Gasteiger partial charge in [0.1, 0.15) is 6.04 Å². The first-order valence-electron chi connectivity index (χ1n) is 13.1. The van der Waals surface area contributed by atoms with Crippen molar-refractivity contribution in [2.24, 2.45) is 11.3 Å². The number of likely N-dealkylation sites (N-methyl/N-ethyl adjacent to an activating group) is 1. The minimum Gasteiger partial charge on any atom is -0.342 e. The summed E-state index contributed by atoms with van der Waals surface area (Å²) in [6, 6.07) is 6.59. The fraction of sp³-hybridized carbons (Fsp3) is 0.556. The Balaban J connectivity index is 1.66. The van der Waals surface area contributed by atoms with Crippen LogP contribution in [0.4, 0.5) is 5.69 Å². The topological polar surface area (TPSA) is 141 Å². The summed E-state index contributed by atoms with van der Waals surface area (Å²) >= 11 is 0. The van der Waals surface area contributed by atoms with Crippen molar-refractivity contribution in [2.75, 3.05) is 31.7 Å². The zero-order valence-corrected chi connectivity index (χ0v) is 24.1. The average molecular weight is 559 g/mol. The van der Waals surface area contributed by atoms with E-state index in [9.17, 15) is 22.8 Å². The van der Waals surface area contributed by atoms with Crippen molar-refractivity contribution in [3.63, 3.8) is 0 Å². The molecule has 2 saturated heterocycles. The molecule has 0 aliphatic carbocycles. The molecule has 0 bridgehead atoms. The van der Waals surface area contributed by atoms with Crippen molar-refractivity contribution in [1.29, 1.82) is 0 Å². The van der Waals surface area contributed by atoms with E-state index in [1.54, 1.807) is 31.1 Å². The maximum absolute atomic E-state index is 14.0. The summed E-state index contributed by atoms with van der Waals surface area (Å²) in [6.07, 6.45) is 3.17. The number of carbonyl (C=O) groups excluding carboxylic acids is 3. The smallest absolute Gasteiger partial charge is 0.246 e. The summed E-state index contributed by atoms with van der Waals surface area (Å²) in [5, 5.41) is 9.56. The molecule has 2 aliphatic heterocycles. The molecule has 1 aromatic carbocycles. The SMILES string of the molecule is CNC(C)C(=O)NC(C(=O)N1CCC2C1C(C(=O)Nc1cccc3cccnc13)CN2S(C)(=O)=O)C(C)(C)C. The largest absolute Gasteiger partial charge is 0.342 e. The lowest BCUT2D eigenvalue weighted by Crippen LogP contribution is -2.59. The first-order valence-corrected chi connectivity index (χ1v) is 15.0. The lowest BCUT2D eigenvalue weighted by atomic mass is 9.85. The van der Waals surface area contributed by atoms with Crippen LogP contribution in [-0.4, -0.2) is 90.9 Å². The van der Waals surface area contributed by atoms with Crippen LogP contribution in [-0.2, 0) is 24.4 Å². The van der Waals surface area contributed by atoms with Crippen molar-refractivity contribution in [3.05, 3.63) is 36.5 Å². The number of sulfonamides is 1. The van der Waals surface area contributed by atoms with Gasteiger partial charge in [-0.15, -0.1) is 0 Å². The molecule has 2 aliphatic rings. The predicted molar refractivity (Wildman–Crippen MR) is 149 cm³/mol. The highest BCUT2D eigenvalue weighted by Gasteiger charge is 2.56. The van der Waals surface area contributed by atoms with Crippen LogP contribution in [0, 0.1) is 11.3 Å². The molecule has 11 nitrogen and oxygen atoms in total. The molecule has 0 saturated carbocycles. The van der Waals surface area contributed by atoms with Crippen LogP contribution in [0.1, 0.15) is 34.1 Å². The second kappa shape index (κ2) is 10.8. The molecule has 3 heterocycles. The Hall–Kier alpha value is -3.09. The Bertz CT molecular complexity index is 1370. The third-order valence-corrected chi connectivity index (χ3v) is 9.01. The third kappa shape index (κ3) is 5.78. The van der Waals surface area contributed by atoms with Gasteiger partial charge in [-0.2, -0.15) is 4.31 Å². The van der Waals surface area contributed by atoms with Crippen LogP contribution < -0.4 is 16.0 Å². The van der Waals surface area contributed by atoms with E-state index in [0.717, 1.165) is 11.6 Å². The first kappa shape index (κ1) is 28.9. The number of hydrogen-bond acceptors (Lipinski definition) is 7. The van der Waals surface area contributed by atoms with E-state index >= 15 is 0 Å². The molecule has 3 N–H and O–H groups in total. The van der Waals surface area contributed by atoms with E-state index in [4.69, 9.17) is 0 Å². The molecule has 4 rings (SSSR count). The highest BCUT2D eigenvalue weighted by Crippen LogP contribution is 2.39. The van der Waals surface area contributed by atoms with Gasteiger partial charge in [-0.1, -0.05) is 39.0 Å². The zero-order chi connectivity index (χ0) is 28.7. The monoisotopic (exact) mass is 558 g/mol. The van der Waals surface area contributed by atoms with Crippen molar-refractivity contribution in [3.8, 4) is 0 Å². The van der Waals surface area contributed by atoms with Crippen LogP contribution in [0.25, 0.3) is 10.9 Å². The van der Waals surface area contributed by atoms with Crippen molar-refractivity contribution in [2.45, 2.75) is 58.3 Å². The first-order chi connectivity index (χ1) is 18.2. The summed E-state index contributed by atoms with van der Waals surface area (Å²) in [7, 11) is -1.97. The lowest BCUT2D eigenvalue weighted by Gasteiger charge is -2.37. The third-order valence-electron chi connectivity index (χ3n) is 7.74. The number of nitrogens with one attached hydrogen (secondary N) is 3. The minimum atomic E-state index is -3.64. The molecule has 212 valence electrons. The van der Waals surface area contributed by atoms with Crippen LogP contribution >= 0.6 is 0 Å². The Labute approximate surface area is 229 Å². The van der Waals surface area contributed by atoms with Gasteiger partial charge in [0.2, 0.25) is 27.7 Å². The second-order valence-corrected chi connectivity index (χ2v) is 13.4. The van der Waals surface area contributed by atoms with Crippen LogP contribution in [0.5, 0.6) is 0 Å². The van der Waals surface area contributed by atoms with Crippen LogP contribution in [0.15, 0.2) is 36.5 Å². The number of carbonyl (C=O) groups is 3. The molecule has 0 spiro atoms. The molecular formula is C27H38N6O5S. The van der Waals surface area contributed by atoms with Gasteiger partial charge in [0.05, 0.1) is 35.5 Å². The number of fused-ring (bicyclic) bond motifs is 2. The summed E-state index contributed by atoms with van der Waals surface area (Å²) in [5.41, 5.74) is 0.514. The normalized spacial score (nSPS) is 23.3. The van der Waals surface area contributed by atoms with Gasteiger partial charge in [-0.05, 0) is 37.9 Å². The molecule has 2 aromatic rings. The summed E-state index contributed by atoms with van der Waals surface area (Å²) in [4.78, 5) is 46.5. The van der Waals surface area contributed by atoms with E-state index in [-0.39, 0.29) is 30.8 Å². The highest BCUT2D eigenvalue weighted by molar-refractivity contribution is 7.88. The summed E-state index contributed by atoms with van der Waals surface area (Å²) in [5.74, 6) is -1.83. The Morgan fingerprint density at radius 2 is 1.82 bits per heavy atom. The van der Waals surface area contributed by atoms with E-state index in [2.05, 4.69) is 20.9 Å². The maximum Gasteiger partial charge on any atom is 0.246 e. The fourth-order valence-corrected chi connectivity index (χ4v) is 6.71. The minimum absolute atomic E-state index is 0.0364. The highest BCUT2D eigenvalue weighted by atomic mass is 32.2. The number of aromatic nitrogens is 1. The molecule has 12 heteroatoms. The maximum atomic E-state index is 14.0. The molecule has 1 aromatic heterocycles. The lowest BCUT2D eigenvalue weighted by molar-refractivity contribution is -0.141. The number of anilines is 1. The standard InChI is InChI=1S/C27H38N6O5S/c1-16(28-5)24(34)31-23(27(2,3)4)26(36)32-14-12-20-22(32)18(15-33(20)39(6,37)38)25(35)30-19-11-7-9-17-10-8-13-29-21(17)19/h7-11,13,16,18,20,22-23,28H,12,14-15H2,1-6H3,(H,30,35)(H,31,34). The fourth-order valence-electron chi connectivity index (χ4n) is 5.56. The molecule has 39 heavy (non-hydrogen) atoms. The van der Waals surface area contributed by atoms with Gasteiger partial charge in [-0.3, -0.25) is 19.4 Å². The number of rotatable bonds is 7. The van der Waals surface area contributed by atoms with Crippen molar-refractivity contribution >= 4 is 44.3 Å². The predicted octanol–water partition coefficient (Wildman–Crippen LogP) is 1.17. The number of hydrogen-bond donors (Lipinski definition) is 3. The second-order valence-electron chi connectivity index (χ2n) is 11.5. The van der Waals surface area contributed by atoms with Gasteiger partial charge >= 0.3 is 0 Å². The average Bonchev–Trinajstić information content (AvgIpc) is 3.46. The van der Waals surface area contributed by atoms with Crippen molar-refractivity contribution < 1.29 is 22.8 Å². The Morgan fingerprint density at radius 1 is 1.13 bits per heavy atom. The zero-order valence-electron chi connectivity index (χ0n) is 23.3. The molecular weight excluding hydrogens is 520 g/mol. The van der Waals surface area contributed by atoms with E-state index in [1.807, 2.05) is 45.0 Å². The molecule has 5 unspecified atom stereocenters. The number of amides is 3. The van der Waals surface area contributed by atoms with Crippen molar-refractivity contribution in [1.82, 2.24) is 24.8 Å². The van der Waals surface area contributed by atoms with E-state index < -0.39 is 45.5 Å².